The topological polar surface area (TPSA) is 34.6 Å². The number of nitrogens with zero attached hydrogens (tertiary/aromatic N) is 4. The summed E-state index contributed by atoms with van der Waals surface area (Å²) in [6, 6.07) is 4.22. The molecule has 0 aromatic carbocycles. The van der Waals surface area contributed by atoms with Crippen molar-refractivity contribution < 1.29 is 4.57 Å². The maximum atomic E-state index is 4.24. The molecule has 0 atom stereocenters. The highest BCUT2D eigenvalue weighted by atomic mass is 32.1. The highest BCUT2D eigenvalue weighted by Gasteiger charge is 2.34. The van der Waals surface area contributed by atoms with Crippen LogP contribution in [-0.2, 0) is 13.6 Å². The molecule has 4 aromatic heterocycles. The van der Waals surface area contributed by atoms with Crippen molar-refractivity contribution in [1.82, 2.24) is 14.5 Å². The van der Waals surface area contributed by atoms with Gasteiger partial charge in [0.05, 0.1) is 17.3 Å². The van der Waals surface area contributed by atoms with E-state index >= 15 is 0 Å². The van der Waals surface area contributed by atoms with Crippen molar-refractivity contribution in [3.63, 3.8) is 0 Å². The monoisotopic (exact) mass is 279 g/mol. The van der Waals surface area contributed by atoms with Crippen LogP contribution in [0.4, 0.5) is 0 Å². The minimum Gasteiger partial charge on any atom is -0.264 e. The van der Waals surface area contributed by atoms with Crippen LogP contribution in [0.5, 0.6) is 0 Å². The lowest BCUT2D eigenvalue weighted by atomic mass is 10.2. The van der Waals surface area contributed by atoms with Gasteiger partial charge in [-0.3, -0.25) is 9.97 Å². The first kappa shape index (κ1) is 10.5. The molecule has 4 aromatic rings. The normalized spacial score (nSPS) is 13.1. The zero-order valence-corrected chi connectivity index (χ0v) is 11.7. The SMILES string of the molecule is Cn1c2[n+](c3sc4cnccc4c31)Cc1cnccc1-2. The molecule has 1 aliphatic rings. The Hall–Kier alpha value is -2.27. The molecule has 0 radical (unpaired) electrons. The van der Waals surface area contributed by atoms with Crippen LogP contribution in [0.1, 0.15) is 5.56 Å². The van der Waals surface area contributed by atoms with Crippen LogP contribution in [-0.4, -0.2) is 14.5 Å². The number of aromatic nitrogens is 4. The van der Waals surface area contributed by atoms with E-state index in [1.54, 1.807) is 0 Å². The molecular formula is C15H11N4S+. The zero-order chi connectivity index (χ0) is 13.3. The summed E-state index contributed by atoms with van der Waals surface area (Å²) in [6.07, 6.45) is 7.67. The Balaban J connectivity index is 1.98. The summed E-state index contributed by atoms with van der Waals surface area (Å²) >= 11 is 1.82. The van der Waals surface area contributed by atoms with E-state index in [1.165, 1.54) is 37.4 Å². The minimum atomic E-state index is 0.913. The lowest BCUT2D eigenvalue weighted by Gasteiger charge is -1.95. The molecule has 4 nitrogen and oxygen atoms in total. The fourth-order valence-electron chi connectivity index (χ4n) is 3.23. The average molecular weight is 279 g/mol. The average Bonchev–Trinajstić information content (AvgIpc) is 3.10. The number of hydrogen-bond donors (Lipinski definition) is 0. The molecule has 0 amide bonds. The Bertz CT molecular complexity index is 996. The Morgan fingerprint density at radius 1 is 1.20 bits per heavy atom. The largest absolute Gasteiger partial charge is 0.291 e. The van der Waals surface area contributed by atoms with Gasteiger partial charge < -0.3 is 0 Å². The van der Waals surface area contributed by atoms with Gasteiger partial charge in [0.15, 0.2) is 5.52 Å². The van der Waals surface area contributed by atoms with Crippen molar-refractivity contribution in [1.29, 1.82) is 0 Å². The first-order valence-corrected chi connectivity index (χ1v) is 7.34. The summed E-state index contributed by atoms with van der Waals surface area (Å²) in [4.78, 5) is 9.80. The third kappa shape index (κ3) is 1.10. The van der Waals surface area contributed by atoms with Gasteiger partial charge in [-0.15, -0.1) is 0 Å². The van der Waals surface area contributed by atoms with Gasteiger partial charge in [0.2, 0.25) is 4.83 Å². The van der Waals surface area contributed by atoms with Crippen LogP contribution in [0, 0.1) is 0 Å². The molecule has 0 spiro atoms. The number of rotatable bonds is 0. The summed E-state index contributed by atoms with van der Waals surface area (Å²) in [5, 5.41) is 1.29. The van der Waals surface area contributed by atoms with E-state index in [4.69, 9.17) is 0 Å². The maximum absolute atomic E-state index is 4.24. The number of aryl methyl sites for hydroxylation is 1. The van der Waals surface area contributed by atoms with Crippen LogP contribution >= 0.6 is 11.3 Å². The zero-order valence-electron chi connectivity index (χ0n) is 10.9. The summed E-state index contributed by atoms with van der Waals surface area (Å²) in [6.45, 7) is 0.913. The van der Waals surface area contributed by atoms with Crippen LogP contribution in [0.2, 0.25) is 0 Å². The van der Waals surface area contributed by atoms with E-state index in [1.807, 2.05) is 36.1 Å². The number of fused-ring (bicyclic) bond motifs is 7. The lowest BCUT2D eigenvalue weighted by Crippen LogP contribution is -2.30. The summed E-state index contributed by atoms with van der Waals surface area (Å²) in [7, 11) is 2.15. The van der Waals surface area contributed by atoms with Crippen molar-refractivity contribution in [3.8, 4) is 11.4 Å². The number of hydrogen-bond acceptors (Lipinski definition) is 3. The van der Waals surface area contributed by atoms with E-state index in [0.29, 0.717) is 0 Å². The van der Waals surface area contributed by atoms with Crippen LogP contribution in [0.15, 0.2) is 36.9 Å². The molecule has 5 heteroatoms. The second-order valence-electron chi connectivity index (χ2n) is 5.13. The van der Waals surface area contributed by atoms with Crippen molar-refractivity contribution in [2.24, 2.45) is 7.05 Å². The first-order valence-electron chi connectivity index (χ1n) is 6.52. The standard InChI is InChI=1S/C15H11N4S/c1-18-13-11-3-5-17-7-12(11)20-15(13)19-8-9-6-16-4-2-10(9)14(18)19/h2-7H,8H2,1H3/q+1. The van der Waals surface area contributed by atoms with Crippen molar-refractivity contribution in [3.05, 3.63) is 42.5 Å². The first-order chi connectivity index (χ1) is 9.84. The number of imidazole rings is 1. The quantitative estimate of drug-likeness (QED) is 0.408. The summed E-state index contributed by atoms with van der Waals surface area (Å²) < 4.78 is 5.95. The Morgan fingerprint density at radius 2 is 2.05 bits per heavy atom. The van der Waals surface area contributed by atoms with E-state index in [-0.39, 0.29) is 0 Å². The van der Waals surface area contributed by atoms with Gasteiger partial charge in [0.1, 0.15) is 6.54 Å². The predicted octanol–water partition coefficient (Wildman–Crippen LogP) is 2.50. The minimum absolute atomic E-state index is 0.913. The van der Waals surface area contributed by atoms with Gasteiger partial charge in [0, 0.05) is 35.7 Å². The molecule has 0 bridgehead atoms. The number of thiophene rings is 1. The second kappa shape index (κ2) is 3.43. The summed E-state index contributed by atoms with van der Waals surface area (Å²) in [5.41, 5.74) is 3.91. The molecule has 0 aliphatic carbocycles. The third-order valence-electron chi connectivity index (χ3n) is 4.08. The molecule has 0 unspecified atom stereocenters. The van der Waals surface area contributed by atoms with Crippen LogP contribution < -0.4 is 4.57 Å². The molecule has 0 saturated heterocycles. The molecular weight excluding hydrogens is 268 g/mol. The Labute approximate surface area is 119 Å². The Kier molecular flexibility index (Phi) is 1.80. The lowest BCUT2D eigenvalue weighted by molar-refractivity contribution is -0.644. The summed E-state index contributed by atoms with van der Waals surface area (Å²) in [5.74, 6) is 1.28. The highest BCUT2D eigenvalue weighted by molar-refractivity contribution is 7.25. The van der Waals surface area contributed by atoms with E-state index in [9.17, 15) is 0 Å². The fraction of sp³-hybridized carbons (Fsp3) is 0.133. The van der Waals surface area contributed by atoms with E-state index in [0.717, 1.165) is 6.54 Å². The molecule has 5 rings (SSSR count). The third-order valence-corrected chi connectivity index (χ3v) is 5.23. The van der Waals surface area contributed by atoms with Gasteiger partial charge in [-0.1, -0.05) is 11.3 Å². The Morgan fingerprint density at radius 3 is 3.00 bits per heavy atom. The highest BCUT2D eigenvalue weighted by Crippen LogP contribution is 2.37. The molecule has 5 heterocycles. The van der Waals surface area contributed by atoms with Gasteiger partial charge in [-0.2, -0.15) is 0 Å². The number of pyridine rings is 2. The molecule has 20 heavy (non-hydrogen) atoms. The molecule has 0 saturated carbocycles. The maximum Gasteiger partial charge on any atom is 0.291 e. The van der Waals surface area contributed by atoms with E-state index in [2.05, 4.69) is 38.3 Å². The van der Waals surface area contributed by atoms with E-state index < -0.39 is 0 Å². The van der Waals surface area contributed by atoms with Gasteiger partial charge >= 0.3 is 0 Å². The van der Waals surface area contributed by atoms with Gasteiger partial charge in [0.25, 0.3) is 5.82 Å². The molecule has 96 valence electrons. The fourth-order valence-corrected chi connectivity index (χ4v) is 4.43. The van der Waals surface area contributed by atoms with Crippen LogP contribution in [0.3, 0.4) is 0 Å². The second-order valence-corrected chi connectivity index (χ2v) is 6.16. The smallest absolute Gasteiger partial charge is 0.264 e. The van der Waals surface area contributed by atoms with Crippen molar-refractivity contribution in [2.75, 3.05) is 0 Å². The molecule has 0 N–H and O–H groups in total. The van der Waals surface area contributed by atoms with Gasteiger partial charge in [-0.25, -0.2) is 9.13 Å². The van der Waals surface area contributed by atoms with Crippen LogP contribution in [0.25, 0.3) is 31.8 Å². The van der Waals surface area contributed by atoms with Crippen molar-refractivity contribution >= 4 is 31.8 Å². The molecule has 0 fully saturated rings. The molecule has 1 aliphatic heterocycles. The van der Waals surface area contributed by atoms with Crippen molar-refractivity contribution in [2.45, 2.75) is 6.54 Å². The van der Waals surface area contributed by atoms with Gasteiger partial charge in [-0.05, 0) is 12.1 Å². The predicted molar refractivity (Wildman–Crippen MR) is 78.6 cm³/mol.